The van der Waals surface area contributed by atoms with Crippen molar-refractivity contribution in [3.05, 3.63) is 27.7 Å². The number of amides is 2. The van der Waals surface area contributed by atoms with Gasteiger partial charge in [0.05, 0.1) is 21.3 Å². The Kier molecular flexibility index (Phi) is 4.96. The van der Waals surface area contributed by atoms with E-state index in [1.807, 2.05) is 0 Å². The van der Waals surface area contributed by atoms with Gasteiger partial charge in [0.15, 0.2) is 0 Å². The first kappa shape index (κ1) is 15.9. The molecule has 0 radical (unpaired) electrons. The van der Waals surface area contributed by atoms with Crippen molar-refractivity contribution in [1.82, 2.24) is 4.90 Å². The number of halogens is 2. The van der Waals surface area contributed by atoms with Gasteiger partial charge in [-0.3, -0.25) is 0 Å². The lowest BCUT2D eigenvalue weighted by molar-refractivity contribution is 0.0697. The molecule has 7 heteroatoms. The van der Waals surface area contributed by atoms with Crippen molar-refractivity contribution in [3.8, 4) is 0 Å². The van der Waals surface area contributed by atoms with E-state index < -0.39 is 5.97 Å². The molecule has 21 heavy (non-hydrogen) atoms. The van der Waals surface area contributed by atoms with Crippen molar-refractivity contribution >= 4 is 40.9 Å². The predicted molar refractivity (Wildman–Crippen MR) is 82.4 cm³/mol. The highest BCUT2D eigenvalue weighted by Crippen LogP contribution is 2.32. The third-order valence-corrected chi connectivity index (χ3v) is 4.22. The second kappa shape index (κ2) is 6.54. The van der Waals surface area contributed by atoms with Gasteiger partial charge in [-0.25, -0.2) is 9.59 Å². The Labute approximate surface area is 132 Å². The number of aromatic carboxylic acids is 1. The predicted octanol–water partition coefficient (Wildman–Crippen LogP) is 3.96. The molecule has 0 aliphatic heterocycles. The highest BCUT2D eigenvalue weighted by molar-refractivity contribution is 6.40. The molecule has 0 bridgehead atoms. The van der Waals surface area contributed by atoms with Crippen LogP contribution in [0.15, 0.2) is 12.1 Å². The number of nitrogens with zero attached hydrogens (tertiary/aromatic N) is 1. The number of carbonyl (C=O) groups excluding carboxylic acids is 1. The molecule has 1 aromatic carbocycles. The number of carbonyl (C=O) groups is 2. The normalized spacial score (nSPS) is 14.4. The molecule has 0 heterocycles. The van der Waals surface area contributed by atoms with Crippen molar-refractivity contribution < 1.29 is 14.7 Å². The first-order chi connectivity index (χ1) is 9.88. The summed E-state index contributed by atoms with van der Waals surface area (Å²) >= 11 is 12.0. The molecule has 1 aliphatic rings. The number of hydrogen-bond donors (Lipinski definition) is 2. The van der Waals surface area contributed by atoms with Crippen LogP contribution in [0, 0.1) is 5.92 Å². The molecule has 1 aromatic rings. The van der Waals surface area contributed by atoms with Crippen molar-refractivity contribution in [2.24, 2.45) is 5.92 Å². The number of rotatable bonds is 4. The quantitative estimate of drug-likeness (QED) is 0.877. The SMILES string of the molecule is CN(CC1CCC1)C(=O)Nc1c(Cl)cc(C(=O)O)cc1Cl. The Hall–Kier alpha value is -1.46. The molecule has 2 N–H and O–H groups in total. The van der Waals surface area contributed by atoms with Gasteiger partial charge in [0.1, 0.15) is 0 Å². The Morgan fingerprint density at radius 3 is 2.33 bits per heavy atom. The topological polar surface area (TPSA) is 69.6 Å². The molecule has 0 saturated heterocycles. The summed E-state index contributed by atoms with van der Waals surface area (Å²) in [6.07, 6.45) is 3.51. The first-order valence-corrected chi connectivity index (χ1v) is 7.38. The van der Waals surface area contributed by atoms with Gasteiger partial charge in [-0.15, -0.1) is 0 Å². The van der Waals surface area contributed by atoms with Crippen LogP contribution in [0.3, 0.4) is 0 Å². The maximum atomic E-state index is 12.1. The van der Waals surface area contributed by atoms with Crippen molar-refractivity contribution in [2.45, 2.75) is 19.3 Å². The number of hydrogen-bond acceptors (Lipinski definition) is 2. The van der Waals surface area contributed by atoms with E-state index in [0.717, 1.165) is 12.8 Å². The lowest BCUT2D eigenvalue weighted by atomic mass is 9.85. The molecule has 114 valence electrons. The van der Waals surface area contributed by atoms with E-state index in [-0.39, 0.29) is 27.3 Å². The van der Waals surface area contributed by atoms with Crippen LogP contribution in [0.2, 0.25) is 10.0 Å². The third kappa shape index (κ3) is 3.80. The summed E-state index contributed by atoms with van der Waals surface area (Å²) in [6.45, 7) is 0.689. The second-order valence-electron chi connectivity index (χ2n) is 5.23. The van der Waals surface area contributed by atoms with Crippen LogP contribution in [-0.4, -0.2) is 35.6 Å². The van der Waals surface area contributed by atoms with Gasteiger partial charge in [-0.2, -0.15) is 0 Å². The number of carboxylic acids is 1. The van der Waals surface area contributed by atoms with Gasteiger partial charge in [0.25, 0.3) is 0 Å². The van der Waals surface area contributed by atoms with Crippen LogP contribution in [0.25, 0.3) is 0 Å². The van der Waals surface area contributed by atoms with Crippen LogP contribution in [-0.2, 0) is 0 Å². The maximum absolute atomic E-state index is 12.1. The Bertz CT molecular complexity index is 550. The van der Waals surface area contributed by atoms with E-state index in [0.29, 0.717) is 12.5 Å². The van der Waals surface area contributed by atoms with Gasteiger partial charge in [-0.05, 0) is 30.9 Å². The van der Waals surface area contributed by atoms with E-state index in [9.17, 15) is 9.59 Å². The molecule has 0 aromatic heterocycles. The number of anilines is 1. The fourth-order valence-corrected chi connectivity index (χ4v) is 2.75. The van der Waals surface area contributed by atoms with Crippen LogP contribution in [0.4, 0.5) is 10.5 Å². The molecule has 5 nitrogen and oxygen atoms in total. The molecule has 1 fully saturated rings. The minimum Gasteiger partial charge on any atom is -0.478 e. The number of nitrogens with one attached hydrogen (secondary N) is 1. The van der Waals surface area contributed by atoms with E-state index in [1.165, 1.54) is 18.6 Å². The number of urea groups is 1. The highest BCUT2D eigenvalue weighted by atomic mass is 35.5. The minimum atomic E-state index is -1.13. The zero-order valence-corrected chi connectivity index (χ0v) is 13.0. The standard InChI is InChI=1S/C14H16Cl2N2O3/c1-18(7-8-3-2-4-8)14(21)17-12-10(15)5-9(13(19)20)6-11(12)16/h5-6,8H,2-4,7H2,1H3,(H,17,21)(H,19,20). The Morgan fingerprint density at radius 2 is 1.90 bits per heavy atom. The number of carboxylic acid groups (broad SMARTS) is 1. The largest absolute Gasteiger partial charge is 0.478 e. The first-order valence-electron chi connectivity index (χ1n) is 6.63. The molecular formula is C14H16Cl2N2O3. The summed E-state index contributed by atoms with van der Waals surface area (Å²) < 4.78 is 0. The van der Waals surface area contributed by atoms with Gasteiger partial charge in [0, 0.05) is 13.6 Å². The van der Waals surface area contributed by atoms with E-state index in [4.69, 9.17) is 28.3 Å². The molecule has 1 saturated carbocycles. The molecule has 2 amide bonds. The number of benzene rings is 1. The second-order valence-corrected chi connectivity index (χ2v) is 6.04. The van der Waals surface area contributed by atoms with Crippen LogP contribution >= 0.6 is 23.2 Å². The van der Waals surface area contributed by atoms with Crippen LogP contribution < -0.4 is 5.32 Å². The smallest absolute Gasteiger partial charge is 0.335 e. The van der Waals surface area contributed by atoms with Gasteiger partial charge in [0.2, 0.25) is 0 Å². The van der Waals surface area contributed by atoms with Gasteiger partial charge < -0.3 is 15.3 Å². The van der Waals surface area contributed by atoms with E-state index in [1.54, 1.807) is 11.9 Å². The fourth-order valence-electron chi connectivity index (χ4n) is 2.16. The summed E-state index contributed by atoms with van der Waals surface area (Å²) in [5.41, 5.74) is 0.208. The van der Waals surface area contributed by atoms with Crippen molar-refractivity contribution in [2.75, 3.05) is 18.9 Å². The average Bonchev–Trinajstić information content (AvgIpc) is 2.37. The lowest BCUT2D eigenvalue weighted by Crippen LogP contribution is -2.37. The molecule has 1 aliphatic carbocycles. The molecule has 0 spiro atoms. The highest BCUT2D eigenvalue weighted by Gasteiger charge is 2.22. The zero-order valence-electron chi connectivity index (χ0n) is 11.5. The Balaban J connectivity index is 2.07. The lowest BCUT2D eigenvalue weighted by Gasteiger charge is -2.30. The van der Waals surface area contributed by atoms with Gasteiger partial charge in [-0.1, -0.05) is 29.6 Å². The summed E-state index contributed by atoms with van der Waals surface area (Å²) in [5.74, 6) is -0.570. The Morgan fingerprint density at radius 1 is 1.33 bits per heavy atom. The average molecular weight is 331 g/mol. The molecule has 0 atom stereocenters. The zero-order chi connectivity index (χ0) is 15.6. The van der Waals surface area contributed by atoms with Gasteiger partial charge >= 0.3 is 12.0 Å². The van der Waals surface area contributed by atoms with Crippen LogP contribution in [0.5, 0.6) is 0 Å². The monoisotopic (exact) mass is 330 g/mol. The summed E-state index contributed by atoms with van der Waals surface area (Å²) in [6, 6.07) is 2.21. The summed E-state index contributed by atoms with van der Waals surface area (Å²) in [7, 11) is 1.71. The van der Waals surface area contributed by atoms with Crippen LogP contribution in [0.1, 0.15) is 29.6 Å². The summed E-state index contributed by atoms with van der Waals surface area (Å²) in [4.78, 5) is 24.6. The van der Waals surface area contributed by atoms with E-state index >= 15 is 0 Å². The molecule has 0 unspecified atom stereocenters. The maximum Gasteiger partial charge on any atom is 0.335 e. The molecular weight excluding hydrogens is 315 g/mol. The van der Waals surface area contributed by atoms with Crippen molar-refractivity contribution in [3.63, 3.8) is 0 Å². The fraction of sp³-hybridized carbons (Fsp3) is 0.429. The van der Waals surface area contributed by atoms with Crippen molar-refractivity contribution in [1.29, 1.82) is 0 Å². The third-order valence-electron chi connectivity index (χ3n) is 3.62. The minimum absolute atomic E-state index is 0.0224. The van der Waals surface area contributed by atoms with E-state index in [2.05, 4.69) is 5.32 Å². The summed E-state index contributed by atoms with van der Waals surface area (Å²) in [5, 5.41) is 11.7. The molecule has 2 rings (SSSR count).